The van der Waals surface area contributed by atoms with Crippen LogP contribution in [0.25, 0.3) is 0 Å². The molecule has 3 atom stereocenters. The lowest BCUT2D eigenvalue weighted by molar-refractivity contribution is 0.286. The highest BCUT2D eigenvalue weighted by Gasteiger charge is 2.42. The fourth-order valence-corrected chi connectivity index (χ4v) is 4.25. The minimum absolute atomic E-state index is 0.560. The quantitative estimate of drug-likeness (QED) is 0.814. The Morgan fingerprint density at radius 2 is 1.60 bits per heavy atom. The maximum Gasteiger partial charge on any atom is 0.0360 e. The van der Waals surface area contributed by atoms with Gasteiger partial charge in [0.1, 0.15) is 0 Å². The van der Waals surface area contributed by atoms with E-state index in [1.807, 2.05) is 0 Å². The molecule has 20 heavy (non-hydrogen) atoms. The number of aryl methyl sites for hydroxylation is 1. The predicted octanol–water partition coefficient (Wildman–Crippen LogP) is 4.18. The van der Waals surface area contributed by atoms with Crippen molar-refractivity contribution in [2.45, 2.75) is 31.7 Å². The van der Waals surface area contributed by atoms with Crippen molar-refractivity contribution >= 4 is 0 Å². The van der Waals surface area contributed by atoms with Gasteiger partial charge in [-0.15, -0.1) is 0 Å². The van der Waals surface area contributed by atoms with Crippen molar-refractivity contribution in [2.75, 3.05) is 6.54 Å². The normalized spacial score (nSPS) is 27.9. The van der Waals surface area contributed by atoms with Gasteiger partial charge >= 0.3 is 0 Å². The number of piperidine rings is 1. The summed E-state index contributed by atoms with van der Waals surface area (Å²) in [5.41, 5.74) is 6.03. The molecule has 1 fully saturated rings. The molecule has 1 heterocycles. The van der Waals surface area contributed by atoms with Gasteiger partial charge in [-0.25, -0.2) is 0 Å². The summed E-state index contributed by atoms with van der Waals surface area (Å²) in [5, 5.41) is 3.76. The molecule has 0 saturated carbocycles. The molecule has 2 aromatic carbocycles. The van der Waals surface area contributed by atoms with Gasteiger partial charge in [0.2, 0.25) is 0 Å². The lowest BCUT2D eigenvalue weighted by atomic mass is 9.79. The number of hydrogen-bond donors (Lipinski definition) is 1. The SMILES string of the molecule is Cc1ccccc1[C@@H]1c2ccccc2[C@@H]2NCCC[C@H]12. The van der Waals surface area contributed by atoms with Gasteiger partial charge in [0, 0.05) is 12.0 Å². The Labute approximate surface area is 121 Å². The molecule has 1 nitrogen and oxygen atoms in total. The van der Waals surface area contributed by atoms with E-state index in [-0.39, 0.29) is 0 Å². The van der Waals surface area contributed by atoms with Crippen LogP contribution in [0.4, 0.5) is 0 Å². The molecule has 1 N–H and O–H groups in total. The summed E-state index contributed by atoms with van der Waals surface area (Å²) >= 11 is 0. The molecule has 2 aliphatic rings. The second-order valence-electron chi connectivity index (χ2n) is 6.20. The minimum Gasteiger partial charge on any atom is -0.310 e. The van der Waals surface area contributed by atoms with E-state index >= 15 is 0 Å². The first-order valence-electron chi connectivity index (χ1n) is 7.74. The van der Waals surface area contributed by atoms with E-state index in [0.29, 0.717) is 12.0 Å². The van der Waals surface area contributed by atoms with E-state index in [4.69, 9.17) is 0 Å². The van der Waals surface area contributed by atoms with Crippen molar-refractivity contribution in [3.8, 4) is 0 Å². The third kappa shape index (κ3) is 1.73. The van der Waals surface area contributed by atoms with Crippen LogP contribution in [-0.2, 0) is 0 Å². The van der Waals surface area contributed by atoms with Crippen molar-refractivity contribution < 1.29 is 0 Å². The smallest absolute Gasteiger partial charge is 0.0360 e. The molecule has 0 amide bonds. The van der Waals surface area contributed by atoms with Crippen LogP contribution in [0.5, 0.6) is 0 Å². The second kappa shape index (κ2) is 4.75. The molecular weight excluding hydrogens is 242 g/mol. The van der Waals surface area contributed by atoms with Crippen molar-refractivity contribution in [3.63, 3.8) is 0 Å². The van der Waals surface area contributed by atoms with Crippen molar-refractivity contribution in [2.24, 2.45) is 5.92 Å². The van der Waals surface area contributed by atoms with Gasteiger partial charge < -0.3 is 5.32 Å². The van der Waals surface area contributed by atoms with Crippen LogP contribution >= 0.6 is 0 Å². The molecule has 0 spiro atoms. The third-order valence-corrected chi connectivity index (χ3v) is 5.12. The first kappa shape index (κ1) is 12.2. The van der Waals surface area contributed by atoms with E-state index < -0.39 is 0 Å². The predicted molar refractivity (Wildman–Crippen MR) is 82.9 cm³/mol. The van der Waals surface area contributed by atoms with Gasteiger partial charge in [0.05, 0.1) is 0 Å². The first-order chi connectivity index (χ1) is 9.86. The Kier molecular flexibility index (Phi) is 2.89. The lowest BCUT2D eigenvalue weighted by Crippen LogP contribution is -2.33. The minimum atomic E-state index is 0.560. The van der Waals surface area contributed by atoms with Crippen LogP contribution < -0.4 is 5.32 Å². The van der Waals surface area contributed by atoms with Gasteiger partial charge in [-0.1, -0.05) is 48.5 Å². The largest absolute Gasteiger partial charge is 0.310 e. The highest BCUT2D eigenvalue weighted by atomic mass is 14.9. The molecular formula is C19H21N. The molecule has 1 aliphatic carbocycles. The Balaban J connectivity index is 1.88. The summed E-state index contributed by atoms with van der Waals surface area (Å²) in [7, 11) is 0. The average molecular weight is 263 g/mol. The summed E-state index contributed by atoms with van der Waals surface area (Å²) in [6, 6.07) is 18.5. The molecule has 0 radical (unpaired) electrons. The molecule has 1 heteroatoms. The fourth-order valence-electron chi connectivity index (χ4n) is 4.25. The average Bonchev–Trinajstić information content (AvgIpc) is 2.83. The van der Waals surface area contributed by atoms with E-state index in [2.05, 4.69) is 60.8 Å². The molecule has 4 rings (SSSR count). The topological polar surface area (TPSA) is 12.0 Å². The molecule has 2 aromatic rings. The second-order valence-corrected chi connectivity index (χ2v) is 6.20. The molecule has 1 saturated heterocycles. The van der Waals surface area contributed by atoms with Crippen LogP contribution in [0.1, 0.15) is 47.1 Å². The summed E-state index contributed by atoms with van der Waals surface area (Å²) in [5.74, 6) is 1.30. The first-order valence-corrected chi connectivity index (χ1v) is 7.74. The summed E-state index contributed by atoms with van der Waals surface area (Å²) < 4.78 is 0. The van der Waals surface area contributed by atoms with Crippen molar-refractivity contribution in [3.05, 3.63) is 70.8 Å². The molecule has 0 unspecified atom stereocenters. The highest BCUT2D eigenvalue weighted by Crippen LogP contribution is 2.52. The zero-order chi connectivity index (χ0) is 13.5. The maximum absolute atomic E-state index is 3.76. The Morgan fingerprint density at radius 3 is 2.40 bits per heavy atom. The fraction of sp³-hybridized carbons (Fsp3) is 0.368. The molecule has 0 aromatic heterocycles. The molecule has 102 valence electrons. The zero-order valence-electron chi connectivity index (χ0n) is 12.0. The number of hydrogen-bond acceptors (Lipinski definition) is 1. The highest BCUT2D eigenvalue weighted by molar-refractivity contribution is 5.48. The van der Waals surface area contributed by atoms with Gasteiger partial charge in [-0.05, 0) is 54.5 Å². The van der Waals surface area contributed by atoms with Crippen LogP contribution in [-0.4, -0.2) is 6.54 Å². The van der Waals surface area contributed by atoms with Gasteiger partial charge in [0.15, 0.2) is 0 Å². The zero-order valence-corrected chi connectivity index (χ0v) is 12.0. The third-order valence-electron chi connectivity index (χ3n) is 5.12. The Morgan fingerprint density at radius 1 is 0.900 bits per heavy atom. The molecule has 1 aliphatic heterocycles. The Bertz CT molecular complexity index is 631. The summed E-state index contributed by atoms with van der Waals surface area (Å²) in [6.07, 6.45) is 2.64. The van der Waals surface area contributed by atoms with Crippen LogP contribution in [0.2, 0.25) is 0 Å². The van der Waals surface area contributed by atoms with Crippen LogP contribution in [0, 0.1) is 12.8 Å². The van der Waals surface area contributed by atoms with Crippen molar-refractivity contribution in [1.29, 1.82) is 0 Å². The summed E-state index contributed by atoms with van der Waals surface area (Å²) in [6.45, 7) is 3.41. The lowest BCUT2D eigenvalue weighted by Gasteiger charge is -2.31. The number of fused-ring (bicyclic) bond motifs is 3. The number of nitrogens with one attached hydrogen (secondary N) is 1. The van der Waals surface area contributed by atoms with Crippen LogP contribution in [0.15, 0.2) is 48.5 Å². The van der Waals surface area contributed by atoms with E-state index in [1.54, 1.807) is 5.56 Å². The van der Waals surface area contributed by atoms with Crippen molar-refractivity contribution in [1.82, 2.24) is 5.32 Å². The maximum atomic E-state index is 3.76. The molecule has 0 bridgehead atoms. The van der Waals surface area contributed by atoms with Crippen LogP contribution in [0.3, 0.4) is 0 Å². The van der Waals surface area contributed by atoms with E-state index in [0.717, 1.165) is 12.5 Å². The van der Waals surface area contributed by atoms with Gasteiger partial charge in [0.25, 0.3) is 0 Å². The Hall–Kier alpha value is -1.60. The number of rotatable bonds is 1. The van der Waals surface area contributed by atoms with E-state index in [9.17, 15) is 0 Å². The monoisotopic (exact) mass is 263 g/mol. The summed E-state index contributed by atoms with van der Waals surface area (Å²) in [4.78, 5) is 0. The number of benzene rings is 2. The van der Waals surface area contributed by atoms with Gasteiger partial charge in [-0.2, -0.15) is 0 Å². The van der Waals surface area contributed by atoms with E-state index in [1.165, 1.54) is 29.5 Å². The standard InChI is InChI=1S/C19H21N/c1-13-7-2-3-8-14(13)18-15-9-4-5-10-16(15)19-17(18)11-6-12-20-19/h2-5,7-10,17-20H,6,11-12H2,1H3/t17-,18-,19+/m1/s1. The van der Waals surface area contributed by atoms with Gasteiger partial charge in [-0.3, -0.25) is 0 Å².